The van der Waals surface area contributed by atoms with Gasteiger partial charge in [-0.2, -0.15) is 13.2 Å². The molecule has 5 rings (SSSR count). The lowest BCUT2D eigenvalue weighted by Crippen LogP contribution is -2.48. The van der Waals surface area contributed by atoms with Crippen LogP contribution < -0.4 is 14.5 Å². The normalized spacial score (nSPS) is 15.6. The van der Waals surface area contributed by atoms with Gasteiger partial charge in [0.2, 0.25) is 0 Å². The predicted octanol–water partition coefficient (Wildman–Crippen LogP) is 4.80. The van der Waals surface area contributed by atoms with Gasteiger partial charge >= 0.3 is 6.18 Å². The molecule has 2 heterocycles. The molecule has 7 nitrogen and oxygen atoms in total. The quantitative estimate of drug-likeness (QED) is 0.438. The van der Waals surface area contributed by atoms with Gasteiger partial charge in [-0.3, -0.25) is 14.4 Å². The molecule has 0 bridgehead atoms. The molecule has 0 aromatic heterocycles. The number of carbonyl (C=O) groups excluding carboxylic acids is 3. The molecule has 0 saturated carbocycles. The number of alkyl halides is 3. The first-order valence-corrected chi connectivity index (χ1v) is 12.5. The molecule has 3 aromatic rings. The van der Waals surface area contributed by atoms with Crippen molar-refractivity contribution in [1.29, 1.82) is 0 Å². The van der Waals surface area contributed by atoms with Crippen LogP contribution in [0.5, 0.6) is 5.75 Å². The van der Waals surface area contributed by atoms with Crippen LogP contribution in [-0.2, 0) is 17.5 Å². The molecule has 0 spiro atoms. The van der Waals surface area contributed by atoms with Crippen molar-refractivity contribution in [3.8, 4) is 5.75 Å². The second-order valence-corrected chi connectivity index (χ2v) is 9.53. The molecule has 0 N–H and O–H groups in total. The van der Waals surface area contributed by atoms with Crippen molar-refractivity contribution in [1.82, 2.24) is 4.90 Å². The van der Waals surface area contributed by atoms with E-state index in [2.05, 4.69) is 0 Å². The molecule has 3 aromatic carbocycles. The highest BCUT2D eigenvalue weighted by Crippen LogP contribution is 2.34. The fraction of sp³-hybridized carbons (Fsp3) is 0.276. The van der Waals surface area contributed by atoms with Crippen LogP contribution >= 0.6 is 0 Å². The molecule has 2 aliphatic rings. The molecule has 10 heteroatoms. The highest BCUT2D eigenvalue weighted by atomic mass is 19.4. The second kappa shape index (κ2) is 10.4. The second-order valence-electron chi connectivity index (χ2n) is 9.53. The van der Waals surface area contributed by atoms with Gasteiger partial charge in [0.05, 0.1) is 17.8 Å². The van der Waals surface area contributed by atoms with Gasteiger partial charge in [-0.1, -0.05) is 18.2 Å². The lowest BCUT2D eigenvalue weighted by Gasteiger charge is -2.36. The Hall–Kier alpha value is -4.34. The maximum Gasteiger partial charge on any atom is 0.416 e. The third kappa shape index (κ3) is 5.59. The number of anilines is 2. The number of ether oxygens (including phenoxy) is 1. The van der Waals surface area contributed by atoms with E-state index in [4.69, 9.17) is 4.74 Å². The van der Waals surface area contributed by atoms with Gasteiger partial charge in [0, 0.05) is 43.0 Å². The fourth-order valence-corrected chi connectivity index (χ4v) is 4.76. The summed E-state index contributed by atoms with van der Waals surface area (Å²) in [6.07, 6.45) is -4.41. The summed E-state index contributed by atoms with van der Waals surface area (Å²) in [4.78, 5) is 42.6. The van der Waals surface area contributed by atoms with Crippen LogP contribution in [0.1, 0.15) is 38.8 Å². The number of halogens is 3. The molecule has 1 saturated heterocycles. The Morgan fingerprint density at radius 2 is 1.59 bits per heavy atom. The highest BCUT2D eigenvalue weighted by molar-refractivity contribution is 6.01. The summed E-state index contributed by atoms with van der Waals surface area (Å²) < 4.78 is 44.7. The van der Waals surface area contributed by atoms with E-state index >= 15 is 0 Å². The lowest BCUT2D eigenvalue weighted by molar-refractivity contribution is -0.137. The Morgan fingerprint density at radius 1 is 0.897 bits per heavy atom. The number of hydrogen-bond donors (Lipinski definition) is 0. The lowest BCUT2D eigenvalue weighted by atomic mass is 10.1. The van der Waals surface area contributed by atoms with E-state index in [1.54, 1.807) is 58.3 Å². The zero-order valence-corrected chi connectivity index (χ0v) is 21.2. The Labute approximate surface area is 223 Å². The molecular weight excluding hydrogens is 511 g/mol. The van der Waals surface area contributed by atoms with Crippen molar-refractivity contribution >= 4 is 29.0 Å². The Balaban J connectivity index is 1.23. The van der Waals surface area contributed by atoms with Crippen LogP contribution in [0.3, 0.4) is 0 Å². The standard InChI is InChI=1S/C29H26F3N3O4/c1-19(36)22-9-10-26-25(15-22)35(27(37)18-39-26)17-20-5-7-21(8-6-20)28(38)34-13-11-33(12-14-34)24-4-2-3-23(16-24)29(30,31)32/h2-10,15-16H,11-14,17-18H2,1H3. The first-order chi connectivity index (χ1) is 18.6. The van der Waals surface area contributed by atoms with Crippen molar-refractivity contribution < 1.29 is 32.3 Å². The van der Waals surface area contributed by atoms with Crippen molar-refractivity contribution in [2.24, 2.45) is 0 Å². The number of amides is 2. The number of benzene rings is 3. The Kier molecular flexibility index (Phi) is 7.03. The number of fused-ring (bicyclic) bond motifs is 1. The zero-order valence-electron chi connectivity index (χ0n) is 21.2. The van der Waals surface area contributed by atoms with Gasteiger partial charge in [0.1, 0.15) is 5.75 Å². The summed E-state index contributed by atoms with van der Waals surface area (Å²) in [5.41, 5.74) is 2.08. The maximum absolute atomic E-state index is 13.1. The average Bonchev–Trinajstić information content (AvgIpc) is 2.94. The van der Waals surface area contributed by atoms with E-state index in [0.29, 0.717) is 54.4 Å². The number of Topliss-reactive ketones (excluding diaryl/α,β-unsaturated/α-hetero) is 1. The average molecular weight is 538 g/mol. The van der Waals surface area contributed by atoms with Gasteiger partial charge in [-0.05, 0) is 61.0 Å². The Morgan fingerprint density at radius 3 is 2.26 bits per heavy atom. The van der Waals surface area contributed by atoms with Gasteiger partial charge in [-0.15, -0.1) is 0 Å². The van der Waals surface area contributed by atoms with Crippen LogP contribution in [-0.4, -0.2) is 55.3 Å². The van der Waals surface area contributed by atoms with Crippen molar-refractivity contribution in [3.63, 3.8) is 0 Å². The molecule has 202 valence electrons. The van der Waals surface area contributed by atoms with Crippen LogP contribution in [0.15, 0.2) is 66.7 Å². The van der Waals surface area contributed by atoms with E-state index in [9.17, 15) is 27.6 Å². The minimum atomic E-state index is -4.41. The number of hydrogen-bond acceptors (Lipinski definition) is 5. The SMILES string of the molecule is CC(=O)c1ccc2c(c1)N(Cc1ccc(C(=O)N3CCN(c4cccc(C(F)(F)F)c4)CC3)cc1)C(=O)CO2. The largest absolute Gasteiger partial charge is 0.482 e. The van der Waals surface area contributed by atoms with Crippen molar-refractivity contribution in [3.05, 3.63) is 89.0 Å². The van der Waals surface area contributed by atoms with Crippen LogP contribution in [0.25, 0.3) is 0 Å². The molecule has 2 amide bonds. The minimum Gasteiger partial charge on any atom is -0.482 e. The predicted molar refractivity (Wildman–Crippen MR) is 139 cm³/mol. The van der Waals surface area contributed by atoms with Crippen molar-refractivity contribution in [2.45, 2.75) is 19.6 Å². The van der Waals surface area contributed by atoms with E-state index in [-0.39, 0.29) is 30.7 Å². The van der Waals surface area contributed by atoms with Gasteiger partial charge < -0.3 is 19.4 Å². The summed E-state index contributed by atoms with van der Waals surface area (Å²) in [6.45, 7) is 3.22. The number of piperazine rings is 1. The van der Waals surface area contributed by atoms with Crippen LogP contribution in [0.4, 0.5) is 24.5 Å². The van der Waals surface area contributed by atoms with Gasteiger partial charge in [0.15, 0.2) is 12.4 Å². The third-order valence-corrected chi connectivity index (χ3v) is 6.96. The topological polar surface area (TPSA) is 70.2 Å². The third-order valence-electron chi connectivity index (χ3n) is 6.96. The van der Waals surface area contributed by atoms with Crippen molar-refractivity contribution in [2.75, 3.05) is 42.6 Å². The smallest absolute Gasteiger partial charge is 0.416 e. The molecule has 0 atom stereocenters. The monoisotopic (exact) mass is 537 g/mol. The minimum absolute atomic E-state index is 0.102. The van der Waals surface area contributed by atoms with Crippen LogP contribution in [0.2, 0.25) is 0 Å². The molecule has 0 unspecified atom stereocenters. The number of nitrogens with zero attached hydrogens (tertiary/aromatic N) is 3. The first kappa shape index (κ1) is 26.3. The van der Waals surface area contributed by atoms with E-state index in [1.165, 1.54) is 13.0 Å². The molecule has 1 fully saturated rings. The number of ketones is 1. The molecule has 0 aliphatic carbocycles. The summed E-state index contributed by atoms with van der Waals surface area (Å²) in [7, 11) is 0. The Bertz CT molecular complexity index is 1410. The molecule has 39 heavy (non-hydrogen) atoms. The highest BCUT2D eigenvalue weighted by Gasteiger charge is 2.31. The summed E-state index contributed by atoms with van der Waals surface area (Å²) >= 11 is 0. The molecule has 2 aliphatic heterocycles. The summed E-state index contributed by atoms with van der Waals surface area (Å²) in [6, 6.07) is 17.2. The fourth-order valence-electron chi connectivity index (χ4n) is 4.76. The number of rotatable bonds is 5. The molecular formula is C29H26F3N3O4. The summed E-state index contributed by atoms with van der Waals surface area (Å²) in [5.74, 6) is 0.0103. The summed E-state index contributed by atoms with van der Waals surface area (Å²) in [5, 5.41) is 0. The number of carbonyl (C=O) groups is 3. The van der Waals surface area contributed by atoms with E-state index < -0.39 is 11.7 Å². The van der Waals surface area contributed by atoms with Crippen LogP contribution in [0, 0.1) is 0 Å². The van der Waals surface area contributed by atoms with Gasteiger partial charge in [-0.25, -0.2) is 0 Å². The van der Waals surface area contributed by atoms with E-state index in [1.807, 2.05) is 4.90 Å². The zero-order chi connectivity index (χ0) is 27.7. The maximum atomic E-state index is 13.1. The molecule has 0 radical (unpaired) electrons. The van der Waals surface area contributed by atoms with Gasteiger partial charge in [0.25, 0.3) is 11.8 Å². The first-order valence-electron chi connectivity index (χ1n) is 12.5. The van der Waals surface area contributed by atoms with E-state index in [0.717, 1.165) is 17.7 Å².